The Morgan fingerprint density at radius 3 is 2.54 bits per heavy atom. The highest BCUT2D eigenvalue weighted by Gasteiger charge is 2.16. The maximum absolute atomic E-state index is 12.8. The van der Waals surface area contributed by atoms with Gasteiger partial charge in [0.1, 0.15) is 11.4 Å². The molecule has 37 heavy (non-hydrogen) atoms. The summed E-state index contributed by atoms with van der Waals surface area (Å²) in [4.78, 5) is 40.5. The molecule has 4 rings (SSSR count). The second-order valence-corrected chi connectivity index (χ2v) is 8.89. The lowest BCUT2D eigenvalue weighted by Gasteiger charge is -2.26. The van der Waals surface area contributed by atoms with E-state index in [0.29, 0.717) is 42.5 Å². The van der Waals surface area contributed by atoms with Crippen LogP contribution in [-0.2, 0) is 6.54 Å². The van der Waals surface area contributed by atoms with Crippen LogP contribution < -0.4 is 21.3 Å². The normalized spacial score (nSPS) is 13.5. The molecule has 0 atom stereocenters. The summed E-state index contributed by atoms with van der Waals surface area (Å²) in [6.45, 7) is 6.61. The number of piperidine rings is 1. The third-order valence-corrected chi connectivity index (χ3v) is 6.12. The monoisotopic (exact) mass is 502 g/mol. The average molecular weight is 503 g/mol. The number of pyridine rings is 1. The predicted octanol–water partition coefficient (Wildman–Crippen LogP) is 3.51. The Labute approximate surface area is 217 Å². The first-order valence-corrected chi connectivity index (χ1v) is 12.8. The van der Waals surface area contributed by atoms with Gasteiger partial charge in [0.05, 0.1) is 0 Å². The first kappa shape index (κ1) is 26.0. The van der Waals surface area contributed by atoms with Crippen LogP contribution in [0.2, 0.25) is 0 Å². The number of rotatable bonds is 10. The van der Waals surface area contributed by atoms with E-state index in [1.165, 1.54) is 19.3 Å². The van der Waals surface area contributed by atoms with Gasteiger partial charge in [-0.15, -0.1) is 0 Å². The minimum atomic E-state index is -0.307. The van der Waals surface area contributed by atoms with Crippen molar-refractivity contribution in [2.75, 3.05) is 43.4 Å². The zero-order chi connectivity index (χ0) is 25.9. The molecule has 0 spiro atoms. The highest BCUT2D eigenvalue weighted by Crippen LogP contribution is 2.21. The van der Waals surface area contributed by atoms with Crippen LogP contribution in [-0.4, -0.2) is 64.5 Å². The maximum Gasteiger partial charge on any atom is 0.319 e. The first-order valence-electron chi connectivity index (χ1n) is 12.8. The molecule has 0 unspecified atom stereocenters. The molecule has 10 heteroatoms. The summed E-state index contributed by atoms with van der Waals surface area (Å²) in [7, 11) is 0. The Balaban J connectivity index is 1.34. The van der Waals surface area contributed by atoms with E-state index in [1.807, 2.05) is 31.2 Å². The fourth-order valence-corrected chi connectivity index (χ4v) is 4.16. The van der Waals surface area contributed by atoms with E-state index < -0.39 is 0 Å². The van der Waals surface area contributed by atoms with Gasteiger partial charge >= 0.3 is 6.03 Å². The number of carbonyl (C=O) groups excluding carboxylic acids is 2. The molecule has 0 bridgehead atoms. The summed E-state index contributed by atoms with van der Waals surface area (Å²) in [5.41, 5.74) is 2.76. The van der Waals surface area contributed by atoms with Gasteiger partial charge < -0.3 is 26.2 Å². The zero-order valence-corrected chi connectivity index (χ0v) is 21.2. The van der Waals surface area contributed by atoms with Crippen molar-refractivity contribution in [2.24, 2.45) is 0 Å². The van der Waals surface area contributed by atoms with Crippen LogP contribution in [0.15, 0.2) is 55.0 Å². The molecule has 4 N–H and O–H groups in total. The first-order chi connectivity index (χ1) is 18.1. The third kappa shape index (κ3) is 7.71. The number of hydrogen-bond acceptors (Lipinski definition) is 7. The lowest BCUT2D eigenvalue weighted by Crippen LogP contribution is -2.37. The minimum absolute atomic E-state index is 0.184. The maximum atomic E-state index is 12.8. The SMILES string of the molecule is CCNc1nc(-c2ccc(NC(=O)NCc3cccnc3)cc2)ncc1C(=O)NCCN1CCCCC1. The highest BCUT2D eigenvalue weighted by molar-refractivity contribution is 5.98. The molecule has 2 aromatic heterocycles. The van der Waals surface area contributed by atoms with Crippen molar-refractivity contribution in [3.8, 4) is 11.4 Å². The zero-order valence-electron chi connectivity index (χ0n) is 21.2. The largest absolute Gasteiger partial charge is 0.370 e. The second-order valence-electron chi connectivity index (χ2n) is 8.89. The van der Waals surface area contributed by atoms with E-state index in [-0.39, 0.29) is 11.9 Å². The van der Waals surface area contributed by atoms with Crippen LogP contribution in [0.25, 0.3) is 11.4 Å². The molecular weight excluding hydrogens is 468 g/mol. The van der Waals surface area contributed by atoms with Crippen molar-refractivity contribution < 1.29 is 9.59 Å². The highest BCUT2D eigenvalue weighted by atomic mass is 16.2. The molecule has 3 amide bonds. The van der Waals surface area contributed by atoms with Crippen molar-refractivity contribution in [3.63, 3.8) is 0 Å². The number of nitrogens with zero attached hydrogens (tertiary/aromatic N) is 4. The van der Waals surface area contributed by atoms with Crippen LogP contribution in [0.4, 0.5) is 16.3 Å². The van der Waals surface area contributed by atoms with Crippen LogP contribution in [0.3, 0.4) is 0 Å². The molecule has 1 fully saturated rings. The van der Waals surface area contributed by atoms with Crippen molar-refractivity contribution in [1.29, 1.82) is 0 Å². The van der Waals surface area contributed by atoms with Gasteiger partial charge in [0.2, 0.25) is 0 Å². The Morgan fingerprint density at radius 1 is 1.00 bits per heavy atom. The molecule has 1 saturated heterocycles. The number of aromatic nitrogens is 3. The Bertz CT molecular complexity index is 1160. The van der Waals surface area contributed by atoms with Gasteiger partial charge in [0.25, 0.3) is 5.91 Å². The summed E-state index contributed by atoms with van der Waals surface area (Å²) >= 11 is 0. The smallest absolute Gasteiger partial charge is 0.319 e. The van der Waals surface area contributed by atoms with Crippen molar-refractivity contribution >= 4 is 23.4 Å². The Hall–Kier alpha value is -4.05. The van der Waals surface area contributed by atoms with Gasteiger partial charge in [0, 0.05) is 56.0 Å². The third-order valence-electron chi connectivity index (χ3n) is 6.12. The van der Waals surface area contributed by atoms with E-state index in [0.717, 1.165) is 30.8 Å². The fourth-order valence-electron chi connectivity index (χ4n) is 4.16. The summed E-state index contributed by atoms with van der Waals surface area (Å²) in [6.07, 6.45) is 8.71. The number of nitrogens with one attached hydrogen (secondary N) is 4. The number of hydrogen-bond donors (Lipinski definition) is 4. The number of amides is 3. The van der Waals surface area contributed by atoms with E-state index in [4.69, 9.17) is 0 Å². The van der Waals surface area contributed by atoms with Gasteiger partial charge in [-0.1, -0.05) is 12.5 Å². The van der Waals surface area contributed by atoms with Gasteiger partial charge in [-0.05, 0) is 68.8 Å². The molecule has 3 aromatic rings. The van der Waals surface area contributed by atoms with Gasteiger partial charge in [0.15, 0.2) is 5.82 Å². The molecule has 3 heterocycles. The summed E-state index contributed by atoms with van der Waals surface area (Å²) in [5.74, 6) is 0.810. The van der Waals surface area contributed by atoms with Gasteiger partial charge in [-0.3, -0.25) is 9.78 Å². The average Bonchev–Trinajstić information content (AvgIpc) is 2.93. The number of likely N-dealkylation sites (tertiary alicyclic amines) is 1. The molecule has 1 aromatic carbocycles. The van der Waals surface area contributed by atoms with Crippen molar-refractivity contribution in [2.45, 2.75) is 32.7 Å². The van der Waals surface area contributed by atoms with E-state index in [9.17, 15) is 9.59 Å². The molecule has 194 valence electrons. The number of urea groups is 1. The topological polar surface area (TPSA) is 124 Å². The summed E-state index contributed by atoms with van der Waals surface area (Å²) in [5, 5.41) is 11.8. The fraction of sp³-hybridized carbons (Fsp3) is 0.370. The molecule has 0 radical (unpaired) electrons. The lowest BCUT2D eigenvalue weighted by atomic mass is 10.1. The van der Waals surface area contributed by atoms with Crippen LogP contribution in [0.1, 0.15) is 42.1 Å². The van der Waals surface area contributed by atoms with Crippen molar-refractivity contribution in [1.82, 2.24) is 30.5 Å². The standard InChI is InChI=1S/C27H34N8O2/c1-2-29-25-23(26(36)30-13-16-35-14-4-3-5-15-35)19-31-24(34-25)21-8-10-22(11-9-21)33-27(37)32-18-20-7-6-12-28-17-20/h6-12,17,19H,2-5,13-16,18H2,1H3,(H,30,36)(H,29,31,34)(H2,32,33,37). The number of benzene rings is 1. The predicted molar refractivity (Wildman–Crippen MR) is 144 cm³/mol. The minimum Gasteiger partial charge on any atom is -0.370 e. The van der Waals surface area contributed by atoms with E-state index in [1.54, 1.807) is 30.7 Å². The van der Waals surface area contributed by atoms with E-state index in [2.05, 4.69) is 41.1 Å². The quantitative estimate of drug-likeness (QED) is 0.334. The summed E-state index contributed by atoms with van der Waals surface area (Å²) in [6, 6.07) is 10.7. The van der Waals surface area contributed by atoms with Gasteiger partial charge in [-0.25, -0.2) is 14.8 Å². The second kappa shape index (κ2) is 13.3. The van der Waals surface area contributed by atoms with Crippen molar-refractivity contribution in [3.05, 3.63) is 66.1 Å². The molecule has 1 aliphatic rings. The van der Waals surface area contributed by atoms with Crippen LogP contribution in [0.5, 0.6) is 0 Å². The van der Waals surface area contributed by atoms with Crippen LogP contribution >= 0.6 is 0 Å². The molecule has 0 saturated carbocycles. The molecule has 1 aliphatic heterocycles. The van der Waals surface area contributed by atoms with Crippen LogP contribution in [0, 0.1) is 0 Å². The molecule has 10 nitrogen and oxygen atoms in total. The number of anilines is 2. The Kier molecular flexibility index (Phi) is 9.36. The van der Waals surface area contributed by atoms with Gasteiger partial charge in [-0.2, -0.15) is 0 Å². The summed E-state index contributed by atoms with van der Waals surface area (Å²) < 4.78 is 0. The Morgan fingerprint density at radius 2 is 1.81 bits per heavy atom. The lowest BCUT2D eigenvalue weighted by molar-refractivity contribution is 0.0946. The molecular formula is C27H34N8O2. The number of carbonyl (C=O) groups is 2. The molecule has 0 aliphatic carbocycles. The van der Waals surface area contributed by atoms with E-state index >= 15 is 0 Å².